The van der Waals surface area contributed by atoms with E-state index in [0.29, 0.717) is 21.6 Å². The number of fused-ring (bicyclic) bond motifs is 1. The van der Waals surface area contributed by atoms with E-state index in [1.165, 1.54) is 29.0 Å². The summed E-state index contributed by atoms with van der Waals surface area (Å²) in [5.74, 6) is -0.858. The smallest absolute Gasteiger partial charge is 0.261 e. The number of thioether (sulfide) groups is 1. The zero-order chi connectivity index (χ0) is 19.4. The van der Waals surface area contributed by atoms with E-state index in [1.54, 1.807) is 31.3 Å². The number of hydrazone groups is 1. The number of para-hydroxylation sites is 1. The number of nitrogens with zero attached hydrogens (tertiary/aromatic N) is 3. The Balaban J connectivity index is 1.63. The molecule has 3 rings (SSSR count). The first-order chi connectivity index (χ1) is 13.0. The molecule has 0 saturated heterocycles. The van der Waals surface area contributed by atoms with Crippen LogP contribution in [-0.4, -0.2) is 37.6 Å². The summed E-state index contributed by atoms with van der Waals surface area (Å²) >= 11 is 1.13. The number of rotatable bonds is 5. The van der Waals surface area contributed by atoms with Gasteiger partial charge in [-0.1, -0.05) is 23.9 Å². The van der Waals surface area contributed by atoms with Gasteiger partial charge in [0.25, 0.3) is 11.5 Å². The number of aromatic hydroxyl groups is 2. The molecule has 0 fully saturated rings. The van der Waals surface area contributed by atoms with E-state index >= 15 is 0 Å². The van der Waals surface area contributed by atoms with Crippen molar-refractivity contribution in [1.29, 1.82) is 0 Å². The molecule has 0 saturated carbocycles. The van der Waals surface area contributed by atoms with E-state index in [2.05, 4.69) is 15.5 Å². The lowest BCUT2D eigenvalue weighted by molar-refractivity contribution is -0.118. The van der Waals surface area contributed by atoms with Gasteiger partial charge >= 0.3 is 0 Å². The van der Waals surface area contributed by atoms with Gasteiger partial charge in [0, 0.05) is 7.05 Å². The molecule has 0 aliphatic carbocycles. The molecule has 0 aliphatic heterocycles. The number of aromatic nitrogens is 2. The molecular weight excluding hydrogens is 368 g/mol. The number of benzene rings is 2. The Kier molecular flexibility index (Phi) is 5.41. The topological polar surface area (TPSA) is 117 Å². The molecule has 0 spiro atoms. The number of hydrogen-bond acceptors (Lipinski definition) is 7. The fourth-order valence-electron chi connectivity index (χ4n) is 2.29. The number of carbonyl (C=O) groups excluding carboxylic acids is 1. The third-order valence-corrected chi connectivity index (χ3v) is 4.71. The fraction of sp³-hybridized carbons (Fsp3) is 0.111. The van der Waals surface area contributed by atoms with Crippen LogP contribution in [-0.2, 0) is 11.8 Å². The van der Waals surface area contributed by atoms with Crippen LogP contribution in [0.25, 0.3) is 10.9 Å². The maximum Gasteiger partial charge on any atom is 0.261 e. The van der Waals surface area contributed by atoms with Gasteiger partial charge < -0.3 is 10.2 Å². The first kappa shape index (κ1) is 18.5. The van der Waals surface area contributed by atoms with Gasteiger partial charge in [0.2, 0.25) is 0 Å². The van der Waals surface area contributed by atoms with Gasteiger partial charge in [0.05, 0.1) is 22.9 Å². The number of nitrogens with one attached hydrogen (secondary N) is 1. The molecule has 0 aliphatic rings. The summed E-state index contributed by atoms with van der Waals surface area (Å²) < 4.78 is 1.41. The molecule has 3 N–H and O–H groups in total. The molecule has 1 amide bonds. The summed E-state index contributed by atoms with van der Waals surface area (Å²) in [6.45, 7) is 0. The normalized spacial score (nSPS) is 11.1. The Bertz CT molecular complexity index is 1090. The van der Waals surface area contributed by atoms with Gasteiger partial charge in [0.15, 0.2) is 16.7 Å². The van der Waals surface area contributed by atoms with Crippen LogP contribution in [0.4, 0.5) is 0 Å². The second kappa shape index (κ2) is 7.92. The molecule has 0 unspecified atom stereocenters. The van der Waals surface area contributed by atoms with Crippen LogP contribution in [0.1, 0.15) is 5.56 Å². The summed E-state index contributed by atoms with van der Waals surface area (Å²) in [7, 11) is 1.61. The van der Waals surface area contributed by atoms with Crippen molar-refractivity contribution >= 4 is 34.8 Å². The molecule has 8 nitrogen and oxygen atoms in total. The maximum absolute atomic E-state index is 12.3. The molecule has 1 aromatic heterocycles. The minimum absolute atomic E-state index is 0.0246. The Labute approximate surface area is 158 Å². The Hall–Kier alpha value is -3.33. The molecule has 0 atom stereocenters. The lowest BCUT2D eigenvalue weighted by Gasteiger charge is -2.08. The maximum atomic E-state index is 12.3. The molecule has 3 aromatic rings. The average Bonchev–Trinajstić information content (AvgIpc) is 2.66. The van der Waals surface area contributed by atoms with Crippen molar-refractivity contribution in [3.63, 3.8) is 0 Å². The van der Waals surface area contributed by atoms with Crippen molar-refractivity contribution in [1.82, 2.24) is 15.0 Å². The molecule has 0 radical (unpaired) electrons. The number of carbonyl (C=O) groups is 1. The zero-order valence-corrected chi connectivity index (χ0v) is 15.1. The van der Waals surface area contributed by atoms with Gasteiger partial charge in [0.1, 0.15) is 0 Å². The van der Waals surface area contributed by atoms with E-state index in [9.17, 15) is 19.8 Å². The minimum atomic E-state index is -0.373. The van der Waals surface area contributed by atoms with Crippen LogP contribution in [0, 0.1) is 0 Å². The van der Waals surface area contributed by atoms with Crippen LogP contribution < -0.4 is 11.0 Å². The monoisotopic (exact) mass is 384 g/mol. The van der Waals surface area contributed by atoms with E-state index in [1.807, 2.05) is 0 Å². The summed E-state index contributed by atoms with van der Waals surface area (Å²) in [5.41, 5.74) is 3.27. The largest absolute Gasteiger partial charge is 0.504 e. The molecular formula is C18H16N4O4S. The SMILES string of the molecule is Cn1c(SCC(=O)NN=Cc2ccc(O)c(O)c2)nc2ccccc2c1=O. The fourth-order valence-corrected chi connectivity index (χ4v) is 3.05. The first-order valence-corrected chi connectivity index (χ1v) is 8.86. The van der Waals surface area contributed by atoms with Crippen molar-refractivity contribution in [3.05, 3.63) is 58.4 Å². The van der Waals surface area contributed by atoms with Crippen LogP contribution in [0.3, 0.4) is 0 Å². The van der Waals surface area contributed by atoms with Crippen molar-refractivity contribution in [2.45, 2.75) is 5.16 Å². The standard InChI is InChI=1S/C18H16N4O4S/c1-22-17(26)12-4-2-3-5-13(12)20-18(22)27-10-16(25)21-19-9-11-6-7-14(23)15(24)8-11/h2-9,23-24H,10H2,1H3,(H,21,25). The van der Waals surface area contributed by atoms with Gasteiger partial charge in [-0.25, -0.2) is 10.4 Å². The van der Waals surface area contributed by atoms with Crippen molar-refractivity contribution in [3.8, 4) is 11.5 Å². The second-order valence-corrected chi connectivity index (χ2v) is 6.55. The molecule has 138 valence electrons. The van der Waals surface area contributed by atoms with E-state index in [4.69, 9.17) is 0 Å². The van der Waals surface area contributed by atoms with Gasteiger partial charge in [-0.3, -0.25) is 14.2 Å². The van der Waals surface area contributed by atoms with Gasteiger partial charge in [-0.2, -0.15) is 5.10 Å². The second-order valence-electron chi connectivity index (χ2n) is 5.61. The van der Waals surface area contributed by atoms with E-state index in [-0.39, 0.29) is 28.7 Å². The predicted octanol–water partition coefficient (Wildman–Crippen LogP) is 1.59. The van der Waals surface area contributed by atoms with Crippen LogP contribution >= 0.6 is 11.8 Å². The number of phenolic OH excluding ortho intramolecular Hbond substituents is 2. The first-order valence-electron chi connectivity index (χ1n) is 7.88. The van der Waals surface area contributed by atoms with E-state index in [0.717, 1.165) is 11.8 Å². The zero-order valence-electron chi connectivity index (χ0n) is 14.3. The highest BCUT2D eigenvalue weighted by atomic mass is 32.2. The summed E-state index contributed by atoms with van der Waals surface area (Å²) in [5, 5.41) is 23.4. The molecule has 27 heavy (non-hydrogen) atoms. The Morgan fingerprint density at radius 3 is 2.81 bits per heavy atom. The highest BCUT2D eigenvalue weighted by Crippen LogP contribution is 2.24. The van der Waals surface area contributed by atoms with Gasteiger partial charge in [-0.15, -0.1) is 0 Å². The average molecular weight is 384 g/mol. The van der Waals surface area contributed by atoms with Crippen molar-refractivity contribution in [2.75, 3.05) is 5.75 Å². The van der Waals surface area contributed by atoms with Crippen molar-refractivity contribution in [2.24, 2.45) is 12.1 Å². The van der Waals surface area contributed by atoms with Crippen LogP contribution in [0.2, 0.25) is 0 Å². The number of hydrogen-bond donors (Lipinski definition) is 3. The quantitative estimate of drug-likeness (QED) is 0.202. The van der Waals surface area contributed by atoms with E-state index < -0.39 is 0 Å². The summed E-state index contributed by atoms with van der Waals surface area (Å²) in [6, 6.07) is 11.2. The number of amides is 1. The van der Waals surface area contributed by atoms with Crippen LogP contribution in [0.5, 0.6) is 11.5 Å². The van der Waals surface area contributed by atoms with Crippen LogP contribution in [0.15, 0.2) is 57.5 Å². The predicted molar refractivity (Wildman–Crippen MR) is 103 cm³/mol. The summed E-state index contributed by atoms with van der Waals surface area (Å²) in [4.78, 5) is 28.7. The Morgan fingerprint density at radius 1 is 1.26 bits per heavy atom. The Morgan fingerprint density at radius 2 is 2.04 bits per heavy atom. The third-order valence-electron chi connectivity index (χ3n) is 3.68. The third kappa shape index (κ3) is 4.26. The molecule has 9 heteroatoms. The lowest BCUT2D eigenvalue weighted by atomic mass is 10.2. The molecule has 0 bridgehead atoms. The highest BCUT2D eigenvalue weighted by molar-refractivity contribution is 7.99. The molecule has 2 aromatic carbocycles. The summed E-state index contributed by atoms with van der Waals surface area (Å²) in [6.07, 6.45) is 1.34. The van der Waals surface area contributed by atoms with Gasteiger partial charge in [-0.05, 0) is 35.9 Å². The minimum Gasteiger partial charge on any atom is -0.504 e. The highest BCUT2D eigenvalue weighted by Gasteiger charge is 2.10. The number of phenols is 2. The lowest BCUT2D eigenvalue weighted by Crippen LogP contribution is -2.23. The molecule has 1 heterocycles. The van der Waals surface area contributed by atoms with Crippen molar-refractivity contribution < 1.29 is 15.0 Å².